The van der Waals surface area contributed by atoms with Gasteiger partial charge in [0, 0.05) is 15.6 Å². The number of hydrazine groups is 1. The van der Waals surface area contributed by atoms with Crippen LogP contribution in [0.4, 0.5) is 15.8 Å². The molecule has 1 fully saturated rings. The Morgan fingerprint density at radius 1 is 0.943 bits per heavy atom. The molecule has 0 saturated carbocycles. The highest BCUT2D eigenvalue weighted by Gasteiger charge is 2.45. The molecule has 0 aliphatic carbocycles. The van der Waals surface area contributed by atoms with E-state index in [4.69, 9.17) is 35.4 Å². The van der Waals surface area contributed by atoms with Crippen molar-refractivity contribution < 1.29 is 18.8 Å². The smallest absolute Gasteiger partial charge is 0.269 e. The van der Waals surface area contributed by atoms with Gasteiger partial charge >= 0.3 is 0 Å². The van der Waals surface area contributed by atoms with Crippen molar-refractivity contribution in [3.8, 4) is 0 Å². The fraction of sp³-hybridized carbons (Fsp3) is 0.0833. The summed E-state index contributed by atoms with van der Waals surface area (Å²) in [6.07, 6.45) is -0.404. The lowest BCUT2D eigenvalue weighted by Crippen LogP contribution is -2.49. The van der Waals surface area contributed by atoms with Crippen molar-refractivity contribution in [2.45, 2.75) is 12.5 Å². The Labute approximate surface area is 215 Å². The Morgan fingerprint density at radius 3 is 2.17 bits per heavy atom. The maximum absolute atomic E-state index is 14.0. The third-order valence-electron chi connectivity index (χ3n) is 5.15. The Bertz CT molecular complexity index is 1300. The van der Waals surface area contributed by atoms with Crippen molar-refractivity contribution in [1.82, 2.24) is 10.4 Å². The fourth-order valence-electron chi connectivity index (χ4n) is 3.44. The van der Waals surface area contributed by atoms with Crippen molar-refractivity contribution in [2.24, 2.45) is 0 Å². The van der Waals surface area contributed by atoms with Crippen LogP contribution in [0.2, 0.25) is 10.0 Å². The number of amides is 3. The summed E-state index contributed by atoms with van der Waals surface area (Å²) >= 11 is 17.3. The average Bonchev–Trinajstić information content (AvgIpc) is 3.05. The van der Waals surface area contributed by atoms with Crippen LogP contribution in [-0.2, 0) is 9.59 Å². The third-order valence-corrected chi connectivity index (χ3v) is 6.04. The number of benzene rings is 3. The predicted octanol–water partition coefficient (Wildman–Crippen LogP) is 4.81. The number of hydrogen-bond acceptors (Lipinski definition) is 4. The Kier molecular flexibility index (Phi) is 7.30. The molecule has 11 heteroatoms. The second kappa shape index (κ2) is 10.4. The van der Waals surface area contributed by atoms with Crippen LogP contribution in [0.25, 0.3) is 0 Å². The van der Waals surface area contributed by atoms with Gasteiger partial charge in [0.05, 0.1) is 17.8 Å². The number of para-hydroxylation sites is 1. The SMILES string of the molecule is O=C(CC1C(=O)N(c2ccc(Cl)cc2)C(=S)N1NC(=O)c1ccc(Cl)cc1)Nc1ccccc1F. The number of rotatable bonds is 6. The van der Waals surface area contributed by atoms with Crippen molar-refractivity contribution in [2.75, 3.05) is 10.2 Å². The molecule has 1 aliphatic heterocycles. The molecule has 0 spiro atoms. The first-order valence-electron chi connectivity index (χ1n) is 10.3. The zero-order chi connectivity index (χ0) is 25.1. The van der Waals surface area contributed by atoms with Gasteiger partial charge in [-0.05, 0) is 72.9 Å². The molecule has 1 heterocycles. The minimum absolute atomic E-state index is 0.0307. The normalized spacial score (nSPS) is 15.3. The molecule has 1 unspecified atom stereocenters. The average molecular weight is 531 g/mol. The molecule has 3 amide bonds. The van der Waals surface area contributed by atoms with Crippen LogP contribution < -0.4 is 15.6 Å². The van der Waals surface area contributed by atoms with Gasteiger partial charge in [0.1, 0.15) is 11.9 Å². The van der Waals surface area contributed by atoms with Gasteiger partial charge in [-0.2, -0.15) is 0 Å². The van der Waals surface area contributed by atoms with Gasteiger partial charge in [-0.1, -0.05) is 35.3 Å². The first kappa shape index (κ1) is 24.6. The number of anilines is 2. The van der Waals surface area contributed by atoms with E-state index in [1.54, 1.807) is 42.5 Å². The molecule has 0 aromatic heterocycles. The molecule has 3 aromatic carbocycles. The van der Waals surface area contributed by atoms with Gasteiger partial charge < -0.3 is 5.32 Å². The highest BCUT2D eigenvalue weighted by molar-refractivity contribution is 7.80. The minimum Gasteiger partial charge on any atom is -0.324 e. The number of carbonyl (C=O) groups is 3. The predicted molar refractivity (Wildman–Crippen MR) is 136 cm³/mol. The third kappa shape index (κ3) is 5.43. The lowest BCUT2D eigenvalue weighted by Gasteiger charge is -2.24. The maximum Gasteiger partial charge on any atom is 0.269 e. The molecule has 35 heavy (non-hydrogen) atoms. The van der Waals surface area contributed by atoms with Gasteiger partial charge in [0.15, 0.2) is 0 Å². The number of nitrogens with one attached hydrogen (secondary N) is 2. The molecule has 0 radical (unpaired) electrons. The molecule has 0 bridgehead atoms. The molecule has 7 nitrogen and oxygen atoms in total. The first-order valence-corrected chi connectivity index (χ1v) is 11.4. The molecule has 1 aliphatic rings. The summed E-state index contributed by atoms with van der Waals surface area (Å²) in [6.45, 7) is 0. The van der Waals surface area contributed by atoms with Crippen LogP contribution in [0, 0.1) is 5.82 Å². The molecule has 1 saturated heterocycles. The topological polar surface area (TPSA) is 81.8 Å². The second-order valence-electron chi connectivity index (χ2n) is 7.50. The lowest BCUT2D eigenvalue weighted by atomic mass is 10.1. The fourth-order valence-corrected chi connectivity index (χ4v) is 4.06. The number of thiocarbonyl (C=S) groups is 1. The van der Waals surface area contributed by atoms with Gasteiger partial charge in [-0.3, -0.25) is 24.7 Å². The number of nitrogens with zero attached hydrogens (tertiary/aromatic N) is 2. The molecular formula is C24H17Cl2FN4O3S. The number of halogens is 3. The summed E-state index contributed by atoms with van der Waals surface area (Å²) in [5.41, 5.74) is 3.25. The van der Waals surface area contributed by atoms with Crippen LogP contribution in [0.3, 0.4) is 0 Å². The molecule has 2 N–H and O–H groups in total. The van der Waals surface area contributed by atoms with E-state index in [-0.39, 0.29) is 16.4 Å². The standard InChI is InChI=1S/C24H17Cl2FN4O3S/c25-15-7-5-14(6-8-15)22(33)29-31-20(13-21(32)28-19-4-2-1-3-18(19)27)23(34)30(24(31)35)17-11-9-16(26)10-12-17/h1-12,20H,13H2,(H,28,32)(H,29,33). The quantitative estimate of drug-likeness (QED) is 0.447. The second-order valence-corrected chi connectivity index (χ2v) is 8.74. The zero-order valence-electron chi connectivity index (χ0n) is 17.9. The minimum atomic E-state index is -1.18. The van der Waals surface area contributed by atoms with E-state index >= 15 is 0 Å². The summed E-state index contributed by atoms with van der Waals surface area (Å²) in [4.78, 5) is 40.2. The van der Waals surface area contributed by atoms with Gasteiger partial charge in [0.2, 0.25) is 11.0 Å². The number of carbonyl (C=O) groups excluding carboxylic acids is 3. The van der Waals surface area contributed by atoms with E-state index < -0.39 is 36.0 Å². The van der Waals surface area contributed by atoms with Gasteiger partial charge in [0.25, 0.3) is 11.8 Å². The van der Waals surface area contributed by atoms with Crippen LogP contribution in [0.5, 0.6) is 0 Å². The van der Waals surface area contributed by atoms with Gasteiger partial charge in [-0.15, -0.1) is 0 Å². The molecule has 4 rings (SSSR count). The zero-order valence-corrected chi connectivity index (χ0v) is 20.2. The van der Waals surface area contributed by atoms with E-state index in [9.17, 15) is 18.8 Å². The summed E-state index contributed by atoms with van der Waals surface area (Å²) in [7, 11) is 0. The van der Waals surface area contributed by atoms with Crippen molar-refractivity contribution in [3.05, 3.63) is 94.2 Å². The van der Waals surface area contributed by atoms with Crippen molar-refractivity contribution >= 4 is 69.6 Å². The van der Waals surface area contributed by atoms with Crippen LogP contribution in [0.1, 0.15) is 16.8 Å². The Balaban J connectivity index is 1.61. The van der Waals surface area contributed by atoms with E-state index in [1.165, 1.54) is 35.2 Å². The Morgan fingerprint density at radius 2 is 1.54 bits per heavy atom. The maximum atomic E-state index is 14.0. The molecular weight excluding hydrogens is 514 g/mol. The van der Waals surface area contributed by atoms with Gasteiger partial charge in [-0.25, -0.2) is 9.40 Å². The monoisotopic (exact) mass is 530 g/mol. The first-order chi connectivity index (χ1) is 16.7. The van der Waals surface area contributed by atoms with E-state index in [0.29, 0.717) is 15.7 Å². The largest absolute Gasteiger partial charge is 0.324 e. The van der Waals surface area contributed by atoms with E-state index in [1.807, 2.05) is 0 Å². The van der Waals surface area contributed by atoms with Crippen LogP contribution >= 0.6 is 35.4 Å². The molecule has 178 valence electrons. The summed E-state index contributed by atoms with van der Waals surface area (Å²) < 4.78 is 14.0. The Hall–Kier alpha value is -3.53. The lowest BCUT2D eigenvalue weighted by molar-refractivity contribution is -0.124. The van der Waals surface area contributed by atoms with Crippen molar-refractivity contribution in [1.29, 1.82) is 0 Å². The summed E-state index contributed by atoms with van der Waals surface area (Å²) in [5.74, 6) is -2.36. The van der Waals surface area contributed by atoms with Crippen LogP contribution in [-0.4, -0.2) is 33.9 Å². The summed E-state index contributed by atoms with van der Waals surface area (Å²) in [5, 5.41) is 4.47. The highest BCUT2D eigenvalue weighted by Crippen LogP contribution is 2.28. The summed E-state index contributed by atoms with van der Waals surface area (Å²) in [6, 6.07) is 16.9. The van der Waals surface area contributed by atoms with E-state index in [0.717, 1.165) is 5.01 Å². The number of hydrogen-bond donors (Lipinski definition) is 2. The van der Waals surface area contributed by atoms with E-state index in [2.05, 4.69) is 10.7 Å². The molecule has 1 atom stereocenters. The highest BCUT2D eigenvalue weighted by atomic mass is 35.5. The van der Waals surface area contributed by atoms with Crippen LogP contribution in [0.15, 0.2) is 72.8 Å². The van der Waals surface area contributed by atoms with Crippen molar-refractivity contribution in [3.63, 3.8) is 0 Å². The molecule has 3 aromatic rings.